The van der Waals surface area contributed by atoms with Gasteiger partial charge in [0.2, 0.25) is 5.82 Å². The molecular weight excluding hydrogens is 292 g/mol. The molecule has 0 spiro atoms. The first-order chi connectivity index (χ1) is 10.1. The number of nitrogens with zero attached hydrogens (tertiary/aromatic N) is 2. The van der Waals surface area contributed by atoms with E-state index in [0.717, 1.165) is 24.0 Å². The van der Waals surface area contributed by atoms with Gasteiger partial charge in [-0.15, -0.1) is 0 Å². The zero-order valence-corrected chi connectivity index (χ0v) is 11.9. The fraction of sp³-hybridized carbons (Fsp3) is 0.267. The molecule has 0 saturated heterocycles. The highest BCUT2D eigenvalue weighted by atomic mass is 35.5. The first-order valence-electron chi connectivity index (χ1n) is 6.61. The third-order valence-electron chi connectivity index (χ3n) is 3.23. The maximum absolute atomic E-state index is 11.0. The van der Waals surface area contributed by atoms with Crippen LogP contribution in [0, 0.1) is 0 Å². The van der Waals surface area contributed by atoms with Crippen molar-refractivity contribution < 1.29 is 14.6 Å². The summed E-state index contributed by atoms with van der Waals surface area (Å²) in [4.78, 5) is 18.8. The van der Waals surface area contributed by atoms with E-state index >= 15 is 0 Å². The van der Waals surface area contributed by atoms with Crippen LogP contribution in [-0.4, -0.2) is 27.1 Å². The van der Waals surface area contributed by atoms with Gasteiger partial charge in [-0.1, -0.05) is 23.7 Å². The molecular formula is C15H13ClN2O3. The molecule has 6 heteroatoms. The van der Waals surface area contributed by atoms with E-state index < -0.39 is 5.97 Å². The minimum Gasteiger partial charge on any atom is -0.475 e. The predicted molar refractivity (Wildman–Crippen MR) is 77.2 cm³/mol. The SMILES string of the molecule is O=C(O)c1nccc(-c2cccc(Cl)c2COC2CC2)n1. The first-order valence-corrected chi connectivity index (χ1v) is 6.98. The van der Waals surface area contributed by atoms with E-state index in [1.165, 1.54) is 6.20 Å². The molecule has 1 heterocycles. The van der Waals surface area contributed by atoms with Crippen LogP contribution in [0.5, 0.6) is 0 Å². The molecule has 1 aliphatic rings. The quantitative estimate of drug-likeness (QED) is 0.918. The van der Waals surface area contributed by atoms with Crippen LogP contribution < -0.4 is 0 Å². The molecule has 21 heavy (non-hydrogen) atoms. The van der Waals surface area contributed by atoms with Gasteiger partial charge in [-0.2, -0.15) is 0 Å². The molecule has 1 fully saturated rings. The maximum atomic E-state index is 11.0. The van der Waals surface area contributed by atoms with E-state index in [-0.39, 0.29) is 5.82 Å². The summed E-state index contributed by atoms with van der Waals surface area (Å²) in [6.45, 7) is 0.395. The monoisotopic (exact) mass is 304 g/mol. The highest BCUT2D eigenvalue weighted by Crippen LogP contribution is 2.31. The smallest absolute Gasteiger partial charge is 0.373 e. The number of carbonyl (C=O) groups is 1. The van der Waals surface area contributed by atoms with E-state index in [9.17, 15) is 4.79 Å². The van der Waals surface area contributed by atoms with Crippen molar-refractivity contribution in [3.8, 4) is 11.3 Å². The van der Waals surface area contributed by atoms with Gasteiger partial charge >= 0.3 is 5.97 Å². The molecule has 0 atom stereocenters. The number of halogens is 1. The number of aromatic carboxylic acids is 1. The molecule has 2 aromatic rings. The predicted octanol–water partition coefficient (Wildman–Crippen LogP) is 3.17. The Kier molecular flexibility index (Phi) is 3.86. The lowest BCUT2D eigenvalue weighted by Crippen LogP contribution is -2.05. The number of hydrogen-bond acceptors (Lipinski definition) is 4. The summed E-state index contributed by atoms with van der Waals surface area (Å²) in [6, 6.07) is 7.11. The third kappa shape index (κ3) is 3.20. The Balaban J connectivity index is 1.98. The molecule has 1 aromatic heterocycles. The van der Waals surface area contributed by atoms with E-state index in [1.54, 1.807) is 18.2 Å². The largest absolute Gasteiger partial charge is 0.475 e. The molecule has 0 aliphatic heterocycles. The number of carboxylic acids is 1. The Bertz CT molecular complexity index is 686. The van der Waals surface area contributed by atoms with Gasteiger partial charge in [-0.05, 0) is 25.0 Å². The van der Waals surface area contributed by atoms with Crippen LogP contribution in [0.1, 0.15) is 29.0 Å². The fourth-order valence-corrected chi connectivity index (χ4v) is 2.22. The number of aromatic nitrogens is 2. The van der Waals surface area contributed by atoms with Crippen LogP contribution >= 0.6 is 11.6 Å². The van der Waals surface area contributed by atoms with E-state index in [4.69, 9.17) is 21.4 Å². The highest BCUT2D eigenvalue weighted by Gasteiger charge is 2.23. The van der Waals surface area contributed by atoms with Gasteiger partial charge in [-0.25, -0.2) is 14.8 Å². The standard InChI is InChI=1S/C15H13ClN2O3/c16-12-3-1-2-10(11(12)8-21-9-4-5-9)13-6-7-17-14(18-13)15(19)20/h1-3,6-7,9H,4-5,8H2,(H,19,20). The van der Waals surface area contributed by atoms with Crippen LogP contribution in [0.4, 0.5) is 0 Å². The van der Waals surface area contributed by atoms with Crippen LogP contribution in [0.2, 0.25) is 5.02 Å². The second-order valence-electron chi connectivity index (χ2n) is 4.85. The van der Waals surface area contributed by atoms with Gasteiger partial charge in [0.1, 0.15) is 0 Å². The Morgan fingerprint density at radius 3 is 2.90 bits per heavy atom. The summed E-state index contributed by atoms with van der Waals surface area (Å²) in [7, 11) is 0. The summed E-state index contributed by atoms with van der Waals surface area (Å²) in [6.07, 6.45) is 3.90. The Morgan fingerprint density at radius 2 is 2.19 bits per heavy atom. The van der Waals surface area contributed by atoms with Crippen molar-refractivity contribution in [3.05, 3.63) is 46.9 Å². The number of hydrogen-bond donors (Lipinski definition) is 1. The number of carboxylic acid groups (broad SMARTS) is 1. The minimum absolute atomic E-state index is 0.235. The molecule has 1 saturated carbocycles. The summed E-state index contributed by atoms with van der Waals surface area (Å²) < 4.78 is 5.72. The average Bonchev–Trinajstić information content (AvgIpc) is 3.30. The topological polar surface area (TPSA) is 72.3 Å². The first kappa shape index (κ1) is 14.0. The lowest BCUT2D eigenvalue weighted by Gasteiger charge is -2.11. The molecule has 3 rings (SSSR count). The zero-order valence-electron chi connectivity index (χ0n) is 11.1. The Labute approximate surface area is 126 Å². The van der Waals surface area contributed by atoms with Crippen LogP contribution in [0.25, 0.3) is 11.3 Å². The minimum atomic E-state index is -1.16. The fourth-order valence-electron chi connectivity index (χ4n) is 1.99. The van der Waals surface area contributed by atoms with Gasteiger partial charge in [0.15, 0.2) is 0 Å². The average molecular weight is 305 g/mol. The van der Waals surface area contributed by atoms with Crippen molar-refractivity contribution >= 4 is 17.6 Å². The van der Waals surface area contributed by atoms with Gasteiger partial charge in [0.25, 0.3) is 0 Å². The van der Waals surface area contributed by atoms with E-state index in [0.29, 0.717) is 23.4 Å². The molecule has 108 valence electrons. The van der Waals surface area contributed by atoms with Crippen molar-refractivity contribution in [1.29, 1.82) is 0 Å². The van der Waals surface area contributed by atoms with E-state index in [1.807, 2.05) is 6.07 Å². The van der Waals surface area contributed by atoms with E-state index in [2.05, 4.69) is 9.97 Å². The van der Waals surface area contributed by atoms with Crippen LogP contribution in [-0.2, 0) is 11.3 Å². The summed E-state index contributed by atoms with van der Waals surface area (Å²) in [5.74, 6) is -1.39. The number of ether oxygens (including phenoxy) is 1. The highest BCUT2D eigenvalue weighted by molar-refractivity contribution is 6.31. The number of benzene rings is 1. The normalized spacial score (nSPS) is 14.1. The summed E-state index contributed by atoms with van der Waals surface area (Å²) in [5, 5.41) is 9.58. The Hall–Kier alpha value is -1.98. The second-order valence-corrected chi connectivity index (χ2v) is 5.25. The number of rotatable bonds is 5. The molecule has 5 nitrogen and oxygen atoms in total. The maximum Gasteiger partial charge on any atom is 0.373 e. The van der Waals surface area contributed by atoms with Crippen LogP contribution in [0.3, 0.4) is 0 Å². The Morgan fingerprint density at radius 1 is 1.38 bits per heavy atom. The molecule has 1 N–H and O–H groups in total. The third-order valence-corrected chi connectivity index (χ3v) is 3.58. The molecule has 0 radical (unpaired) electrons. The second kappa shape index (κ2) is 5.79. The van der Waals surface area contributed by atoms with Gasteiger partial charge in [-0.3, -0.25) is 0 Å². The summed E-state index contributed by atoms with van der Waals surface area (Å²) in [5.41, 5.74) is 2.12. The van der Waals surface area contributed by atoms with Gasteiger partial charge in [0, 0.05) is 22.3 Å². The van der Waals surface area contributed by atoms with Gasteiger partial charge in [0.05, 0.1) is 18.4 Å². The summed E-state index contributed by atoms with van der Waals surface area (Å²) >= 11 is 6.25. The lowest BCUT2D eigenvalue weighted by molar-refractivity contribution is 0.0683. The lowest BCUT2D eigenvalue weighted by atomic mass is 10.0. The van der Waals surface area contributed by atoms with Crippen LogP contribution in [0.15, 0.2) is 30.5 Å². The van der Waals surface area contributed by atoms with Crippen molar-refractivity contribution in [3.63, 3.8) is 0 Å². The molecule has 1 aliphatic carbocycles. The molecule has 0 amide bonds. The molecule has 0 bridgehead atoms. The zero-order chi connectivity index (χ0) is 14.8. The molecule has 1 aromatic carbocycles. The van der Waals surface area contributed by atoms with Crippen molar-refractivity contribution in [2.24, 2.45) is 0 Å². The van der Waals surface area contributed by atoms with Crippen molar-refractivity contribution in [2.45, 2.75) is 25.6 Å². The van der Waals surface area contributed by atoms with Crippen molar-refractivity contribution in [2.75, 3.05) is 0 Å². The van der Waals surface area contributed by atoms with Gasteiger partial charge < -0.3 is 9.84 Å². The van der Waals surface area contributed by atoms with Crippen molar-refractivity contribution in [1.82, 2.24) is 9.97 Å². The molecule has 0 unspecified atom stereocenters.